The van der Waals surface area contributed by atoms with Crippen LogP contribution in [0.3, 0.4) is 0 Å². The average Bonchev–Trinajstić information content (AvgIpc) is 2.49. The van der Waals surface area contributed by atoms with E-state index in [9.17, 15) is 0 Å². The molecule has 0 atom stereocenters. The molecular weight excluding hydrogens is 307 g/mol. The highest BCUT2D eigenvalue weighted by Crippen LogP contribution is 2.28. The average molecular weight is 325 g/mol. The lowest BCUT2D eigenvalue weighted by atomic mass is 10.2. The summed E-state index contributed by atoms with van der Waals surface area (Å²) in [7, 11) is 0. The Balaban J connectivity index is 2.28. The van der Waals surface area contributed by atoms with E-state index in [1.807, 2.05) is 6.07 Å². The molecule has 2 N–H and O–H groups in total. The van der Waals surface area contributed by atoms with Gasteiger partial charge in [0.1, 0.15) is 18.0 Å². The SMILES string of the molecule is CCCNc1ncnc(Nc2ccc(Cl)c(Cl)c2)c1CC. The van der Waals surface area contributed by atoms with E-state index in [0.29, 0.717) is 10.0 Å². The van der Waals surface area contributed by atoms with Crippen LogP contribution in [0, 0.1) is 0 Å². The highest BCUT2D eigenvalue weighted by Gasteiger charge is 2.10. The Hall–Kier alpha value is -1.52. The minimum atomic E-state index is 0.512. The van der Waals surface area contributed by atoms with Crippen molar-refractivity contribution in [3.63, 3.8) is 0 Å². The predicted molar refractivity (Wildman–Crippen MR) is 89.9 cm³/mol. The van der Waals surface area contributed by atoms with Gasteiger partial charge in [0.2, 0.25) is 0 Å². The summed E-state index contributed by atoms with van der Waals surface area (Å²) in [6.45, 7) is 5.08. The Morgan fingerprint density at radius 1 is 1.05 bits per heavy atom. The number of nitrogens with one attached hydrogen (secondary N) is 2. The fourth-order valence-corrected chi connectivity index (χ4v) is 2.26. The van der Waals surface area contributed by atoms with Crippen molar-refractivity contribution in [3.05, 3.63) is 40.1 Å². The maximum absolute atomic E-state index is 6.04. The maximum Gasteiger partial charge on any atom is 0.139 e. The Bertz CT molecular complexity index is 617. The zero-order chi connectivity index (χ0) is 15.2. The van der Waals surface area contributed by atoms with Crippen LogP contribution in [0.4, 0.5) is 17.3 Å². The van der Waals surface area contributed by atoms with Crippen LogP contribution in [0.2, 0.25) is 10.0 Å². The van der Waals surface area contributed by atoms with E-state index >= 15 is 0 Å². The Morgan fingerprint density at radius 2 is 1.81 bits per heavy atom. The van der Waals surface area contributed by atoms with Gasteiger partial charge in [-0.25, -0.2) is 9.97 Å². The molecule has 0 aliphatic heterocycles. The van der Waals surface area contributed by atoms with E-state index in [2.05, 4.69) is 34.4 Å². The van der Waals surface area contributed by atoms with Gasteiger partial charge in [-0.3, -0.25) is 0 Å². The zero-order valence-corrected chi connectivity index (χ0v) is 13.6. The van der Waals surface area contributed by atoms with Crippen molar-refractivity contribution in [1.29, 1.82) is 0 Å². The van der Waals surface area contributed by atoms with E-state index in [4.69, 9.17) is 23.2 Å². The highest BCUT2D eigenvalue weighted by molar-refractivity contribution is 6.42. The van der Waals surface area contributed by atoms with Crippen molar-refractivity contribution in [2.24, 2.45) is 0 Å². The van der Waals surface area contributed by atoms with Crippen molar-refractivity contribution in [1.82, 2.24) is 9.97 Å². The normalized spacial score (nSPS) is 10.5. The van der Waals surface area contributed by atoms with Gasteiger partial charge in [-0.05, 0) is 31.0 Å². The third kappa shape index (κ3) is 3.99. The van der Waals surface area contributed by atoms with Gasteiger partial charge in [-0.15, -0.1) is 0 Å². The number of nitrogens with zero attached hydrogens (tertiary/aromatic N) is 2. The van der Waals surface area contributed by atoms with Gasteiger partial charge in [-0.1, -0.05) is 37.0 Å². The Morgan fingerprint density at radius 3 is 2.48 bits per heavy atom. The van der Waals surface area contributed by atoms with Gasteiger partial charge in [0.15, 0.2) is 0 Å². The number of halogens is 2. The quantitative estimate of drug-likeness (QED) is 0.792. The second-order valence-electron chi connectivity index (χ2n) is 4.58. The molecule has 0 amide bonds. The third-order valence-corrected chi connectivity index (χ3v) is 3.76. The smallest absolute Gasteiger partial charge is 0.139 e. The van der Waals surface area contributed by atoms with Crippen LogP contribution in [-0.2, 0) is 6.42 Å². The van der Waals surface area contributed by atoms with Crippen LogP contribution in [0.15, 0.2) is 24.5 Å². The molecule has 1 aromatic heterocycles. The fourth-order valence-electron chi connectivity index (χ4n) is 1.96. The molecule has 0 radical (unpaired) electrons. The van der Waals surface area contributed by atoms with Crippen LogP contribution in [0.1, 0.15) is 25.8 Å². The molecule has 21 heavy (non-hydrogen) atoms. The molecule has 0 aliphatic carbocycles. The second-order valence-corrected chi connectivity index (χ2v) is 5.40. The molecule has 1 heterocycles. The van der Waals surface area contributed by atoms with Gasteiger partial charge in [0.25, 0.3) is 0 Å². The van der Waals surface area contributed by atoms with Gasteiger partial charge in [-0.2, -0.15) is 0 Å². The molecule has 0 saturated carbocycles. The Kier molecular flexibility index (Phi) is 5.65. The lowest BCUT2D eigenvalue weighted by molar-refractivity contribution is 0.949. The first-order chi connectivity index (χ1) is 10.2. The number of aromatic nitrogens is 2. The van der Waals surface area contributed by atoms with Crippen LogP contribution in [0.25, 0.3) is 0 Å². The van der Waals surface area contributed by atoms with Gasteiger partial charge < -0.3 is 10.6 Å². The van der Waals surface area contributed by atoms with E-state index in [-0.39, 0.29) is 0 Å². The van der Waals surface area contributed by atoms with E-state index in [1.165, 1.54) is 0 Å². The molecule has 2 rings (SSSR count). The summed E-state index contributed by atoms with van der Waals surface area (Å²) in [5, 5.41) is 7.64. The number of rotatable bonds is 6. The monoisotopic (exact) mass is 324 g/mol. The topological polar surface area (TPSA) is 49.8 Å². The molecule has 0 saturated heterocycles. The lowest BCUT2D eigenvalue weighted by Gasteiger charge is -2.14. The standard InChI is InChI=1S/C15H18Cl2N4/c1-3-7-18-14-11(4-2)15(20-9-19-14)21-10-5-6-12(16)13(17)8-10/h5-6,8-9H,3-4,7H2,1-2H3,(H2,18,19,20,21). The van der Waals surface area contributed by atoms with E-state index in [1.54, 1.807) is 18.5 Å². The van der Waals surface area contributed by atoms with Crippen LogP contribution in [-0.4, -0.2) is 16.5 Å². The lowest BCUT2D eigenvalue weighted by Crippen LogP contribution is -2.08. The maximum atomic E-state index is 6.04. The number of hydrogen-bond acceptors (Lipinski definition) is 4. The third-order valence-electron chi connectivity index (χ3n) is 3.02. The molecule has 0 spiro atoms. The van der Waals surface area contributed by atoms with Crippen molar-refractivity contribution in [3.8, 4) is 0 Å². The predicted octanol–water partition coefficient (Wildman–Crippen LogP) is 4.91. The van der Waals surface area contributed by atoms with Crippen molar-refractivity contribution >= 4 is 40.5 Å². The van der Waals surface area contributed by atoms with Gasteiger partial charge in [0, 0.05) is 17.8 Å². The molecule has 0 fully saturated rings. The summed E-state index contributed by atoms with van der Waals surface area (Å²) in [5.74, 6) is 1.65. The van der Waals surface area contributed by atoms with Crippen LogP contribution >= 0.6 is 23.2 Å². The second kappa shape index (κ2) is 7.48. The van der Waals surface area contributed by atoms with Crippen molar-refractivity contribution in [2.75, 3.05) is 17.2 Å². The van der Waals surface area contributed by atoms with Gasteiger partial charge >= 0.3 is 0 Å². The molecule has 0 unspecified atom stereocenters. The summed E-state index contributed by atoms with van der Waals surface area (Å²) in [4.78, 5) is 8.64. The highest BCUT2D eigenvalue weighted by atomic mass is 35.5. The minimum absolute atomic E-state index is 0.512. The first-order valence-electron chi connectivity index (χ1n) is 6.95. The number of benzene rings is 1. The van der Waals surface area contributed by atoms with E-state index < -0.39 is 0 Å². The zero-order valence-electron chi connectivity index (χ0n) is 12.1. The van der Waals surface area contributed by atoms with Crippen molar-refractivity contribution < 1.29 is 0 Å². The first-order valence-corrected chi connectivity index (χ1v) is 7.71. The Labute approximate surface area is 134 Å². The summed E-state index contributed by atoms with van der Waals surface area (Å²) < 4.78 is 0. The summed E-state index contributed by atoms with van der Waals surface area (Å²) >= 11 is 12.0. The van der Waals surface area contributed by atoms with Crippen LogP contribution in [0.5, 0.6) is 0 Å². The molecule has 4 nitrogen and oxygen atoms in total. The fraction of sp³-hybridized carbons (Fsp3) is 0.333. The molecule has 112 valence electrons. The summed E-state index contributed by atoms with van der Waals surface area (Å²) in [6.07, 6.45) is 3.43. The molecule has 1 aromatic carbocycles. The summed E-state index contributed by atoms with van der Waals surface area (Å²) in [6, 6.07) is 5.41. The minimum Gasteiger partial charge on any atom is -0.370 e. The largest absolute Gasteiger partial charge is 0.370 e. The molecule has 0 aliphatic rings. The molecule has 0 bridgehead atoms. The van der Waals surface area contributed by atoms with E-state index in [0.717, 1.165) is 42.3 Å². The molecular formula is C15H18Cl2N4. The van der Waals surface area contributed by atoms with Crippen molar-refractivity contribution in [2.45, 2.75) is 26.7 Å². The molecule has 6 heteroatoms. The first kappa shape index (κ1) is 15.9. The summed E-state index contributed by atoms with van der Waals surface area (Å²) in [5.41, 5.74) is 1.90. The van der Waals surface area contributed by atoms with Crippen LogP contribution < -0.4 is 10.6 Å². The molecule has 2 aromatic rings. The number of hydrogen-bond donors (Lipinski definition) is 2. The van der Waals surface area contributed by atoms with Gasteiger partial charge in [0.05, 0.1) is 10.0 Å². The number of anilines is 3.